The van der Waals surface area contributed by atoms with E-state index in [4.69, 9.17) is 4.74 Å². The number of hydrogen-bond donors (Lipinski definition) is 1. The fraction of sp³-hybridized carbons (Fsp3) is 0.417. The van der Waals surface area contributed by atoms with Gasteiger partial charge in [-0.25, -0.2) is 4.39 Å². The average molecular weight is 493 g/mol. The van der Waals surface area contributed by atoms with Gasteiger partial charge in [0.15, 0.2) is 6.61 Å². The van der Waals surface area contributed by atoms with Crippen LogP contribution in [0.4, 0.5) is 4.39 Å². The van der Waals surface area contributed by atoms with E-state index in [1.807, 2.05) is 39.0 Å². The van der Waals surface area contributed by atoms with Gasteiger partial charge < -0.3 is 15.0 Å². The minimum absolute atomic E-state index is 0.164. The van der Waals surface area contributed by atoms with Crippen LogP contribution >= 0.6 is 15.9 Å². The van der Waals surface area contributed by atoms with Gasteiger partial charge in [-0.1, -0.05) is 25.1 Å². The molecule has 0 aliphatic heterocycles. The standard InChI is InChI=1S/C24H30BrFN2O3/c1-6-17-9-12-21(20(25)13-17)31-15-22(29)28(14-18-7-10-19(26)11-8-18)16(2)23(30)27-24(3,4)5/h7-13,16H,6,14-15H2,1-5H3,(H,27,30)/t16-/m0/s1. The van der Waals surface area contributed by atoms with Crippen molar-refractivity contribution in [3.8, 4) is 5.75 Å². The van der Waals surface area contributed by atoms with E-state index in [1.54, 1.807) is 19.1 Å². The maximum absolute atomic E-state index is 13.3. The third-order valence-corrected chi connectivity index (χ3v) is 5.31. The van der Waals surface area contributed by atoms with Crippen LogP contribution in [0.1, 0.15) is 45.7 Å². The number of carbonyl (C=O) groups is 2. The lowest BCUT2D eigenvalue weighted by Gasteiger charge is -2.31. The molecule has 1 atom stereocenters. The zero-order chi connectivity index (χ0) is 23.2. The number of nitrogens with zero attached hydrogens (tertiary/aromatic N) is 1. The van der Waals surface area contributed by atoms with Gasteiger partial charge in [0, 0.05) is 12.1 Å². The molecule has 0 aliphatic carbocycles. The predicted octanol–water partition coefficient (Wildman–Crippen LogP) is 4.86. The van der Waals surface area contributed by atoms with Gasteiger partial charge in [0.2, 0.25) is 5.91 Å². The first-order valence-electron chi connectivity index (χ1n) is 10.3. The zero-order valence-electron chi connectivity index (χ0n) is 18.7. The summed E-state index contributed by atoms with van der Waals surface area (Å²) in [5.74, 6) is -0.410. The molecule has 1 N–H and O–H groups in total. The first-order valence-corrected chi connectivity index (χ1v) is 11.1. The van der Waals surface area contributed by atoms with Crippen LogP contribution in [0.2, 0.25) is 0 Å². The molecule has 0 unspecified atom stereocenters. The van der Waals surface area contributed by atoms with Crippen LogP contribution in [-0.4, -0.2) is 34.9 Å². The smallest absolute Gasteiger partial charge is 0.261 e. The number of amides is 2. The molecule has 0 radical (unpaired) electrons. The Kier molecular flexibility index (Phi) is 8.62. The quantitative estimate of drug-likeness (QED) is 0.572. The van der Waals surface area contributed by atoms with Gasteiger partial charge in [-0.2, -0.15) is 0 Å². The van der Waals surface area contributed by atoms with Gasteiger partial charge >= 0.3 is 0 Å². The molecule has 5 nitrogen and oxygen atoms in total. The van der Waals surface area contributed by atoms with E-state index < -0.39 is 11.6 Å². The van der Waals surface area contributed by atoms with E-state index in [-0.39, 0.29) is 30.8 Å². The van der Waals surface area contributed by atoms with Crippen LogP contribution in [0.5, 0.6) is 5.75 Å². The molecule has 168 valence electrons. The van der Waals surface area contributed by atoms with E-state index >= 15 is 0 Å². The summed E-state index contributed by atoms with van der Waals surface area (Å²) >= 11 is 3.47. The normalized spacial score (nSPS) is 12.2. The van der Waals surface area contributed by atoms with Crippen molar-refractivity contribution in [3.05, 3.63) is 63.9 Å². The van der Waals surface area contributed by atoms with Gasteiger partial charge in [0.05, 0.1) is 4.47 Å². The van der Waals surface area contributed by atoms with Crippen molar-refractivity contribution in [2.24, 2.45) is 0 Å². The fourth-order valence-electron chi connectivity index (χ4n) is 2.95. The molecule has 0 aromatic heterocycles. The summed E-state index contributed by atoms with van der Waals surface area (Å²) in [6.07, 6.45) is 0.893. The molecule has 0 aliphatic rings. The SMILES string of the molecule is CCc1ccc(OCC(=O)N(Cc2ccc(F)cc2)[C@@H](C)C(=O)NC(C)(C)C)c(Br)c1. The molecule has 0 bridgehead atoms. The monoisotopic (exact) mass is 492 g/mol. The van der Waals surface area contributed by atoms with E-state index in [2.05, 4.69) is 28.2 Å². The molecular weight excluding hydrogens is 463 g/mol. The zero-order valence-corrected chi connectivity index (χ0v) is 20.3. The van der Waals surface area contributed by atoms with E-state index in [0.29, 0.717) is 5.75 Å². The predicted molar refractivity (Wildman–Crippen MR) is 123 cm³/mol. The van der Waals surface area contributed by atoms with Crippen LogP contribution in [-0.2, 0) is 22.6 Å². The summed E-state index contributed by atoms with van der Waals surface area (Å²) in [5, 5.41) is 2.90. The van der Waals surface area contributed by atoms with E-state index in [0.717, 1.165) is 22.0 Å². The summed E-state index contributed by atoms with van der Waals surface area (Å²) in [6.45, 7) is 9.31. The van der Waals surface area contributed by atoms with Crippen molar-refractivity contribution in [1.82, 2.24) is 10.2 Å². The van der Waals surface area contributed by atoms with E-state index in [9.17, 15) is 14.0 Å². The Morgan fingerprint density at radius 3 is 2.29 bits per heavy atom. The minimum Gasteiger partial charge on any atom is -0.483 e. The van der Waals surface area contributed by atoms with Gasteiger partial charge in [0.25, 0.3) is 5.91 Å². The maximum Gasteiger partial charge on any atom is 0.261 e. The Labute approximate surface area is 192 Å². The van der Waals surface area contributed by atoms with Crippen LogP contribution < -0.4 is 10.1 Å². The van der Waals surface area contributed by atoms with Crippen molar-refractivity contribution in [2.45, 2.75) is 59.2 Å². The number of nitrogens with one attached hydrogen (secondary N) is 1. The summed E-state index contributed by atoms with van der Waals surface area (Å²) in [4.78, 5) is 27.2. The highest BCUT2D eigenvalue weighted by molar-refractivity contribution is 9.10. The molecule has 31 heavy (non-hydrogen) atoms. The number of aryl methyl sites for hydroxylation is 1. The second kappa shape index (κ2) is 10.8. The van der Waals surface area contributed by atoms with Crippen molar-refractivity contribution in [1.29, 1.82) is 0 Å². The lowest BCUT2D eigenvalue weighted by molar-refractivity contribution is -0.142. The Morgan fingerprint density at radius 1 is 1.13 bits per heavy atom. The molecule has 2 rings (SSSR count). The minimum atomic E-state index is -0.730. The third kappa shape index (κ3) is 7.65. The molecule has 2 amide bonds. The highest BCUT2D eigenvalue weighted by Gasteiger charge is 2.28. The van der Waals surface area contributed by atoms with Crippen molar-refractivity contribution >= 4 is 27.7 Å². The number of benzene rings is 2. The molecule has 0 heterocycles. The van der Waals surface area contributed by atoms with E-state index in [1.165, 1.54) is 17.0 Å². The maximum atomic E-state index is 13.3. The van der Waals surface area contributed by atoms with Crippen LogP contribution in [0.15, 0.2) is 46.9 Å². The second-order valence-electron chi connectivity index (χ2n) is 8.47. The van der Waals surface area contributed by atoms with Gasteiger partial charge in [-0.05, 0) is 85.4 Å². The highest BCUT2D eigenvalue weighted by atomic mass is 79.9. The average Bonchev–Trinajstić information content (AvgIpc) is 2.70. The topological polar surface area (TPSA) is 58.6 Å². The van der Waals surface area contributed by atoms with Gasteiger partial charge in [0.1, 0.15) is 17.6 Å². The molecule has 2 aromatic rings. The highest BCUT2D eigenvalue weighted by Crippen LogP contribution is 2.26. The van der Waals surface area contributed by atoms with Crippen molar-refractivity contribution in [2.75, 3.05) is 6.61 Å². The van der Waals surface area contributed by atoms with Crippen molar-refractivity contribution < 1.29 is 18.7 Å². The van der Waals surface area contributed by atoms with Crippen molar-refractivity contribution in [3.63, 3.8) is 0 Å². The number of halogens is 2. The first-order chi connectivity index (χ1) is 14.5. The van der Waals surface area contributed by atoms with Crippen LogP contribution in [0.3, 0.4) is 0 Å². The van der Waals surface area contributed by atoms with Gasteiger partial charge in [-0.15, -0.1) is 0 Å². The fourth-order valence-corrected chi connectivity index (χ4v) is 3.49. The number of carbonyl (C=O) groups excluding carboxylic acids is 2. The number of hydrogen-bond acceptors (Lipinski definition) is 3. The summed E-state index contributed by atoms with van der Waals surface area (Å²) in [7, 11) is 0. The number of ether oxygens (including phenoxy) is 1. The summed E-state index contributed by atoms with van der Waals surface area (Å²) < 4.78 is 19.8. The Hall–Kier alpha value is -2.41. The van der Waals surface area contributed by atoms with Crippen LogP contribution in [0.25, 0.3) is 0 Å². The van der Waals surface area contributed by atoms with Gasteiger partial charge in [-0.3, -0.25) is 9.59 Å². The second-order valence-corrected chi connectivity index (χ2v) is 9.32. The molecule has 0 saturated heterocycles. The molecule has 0 spiro atoms. The van der Waals surface area contributed by atoms with Crippen LogP contribution in [0, 0.1) is 5.82 Å². The molecule has 7 heteroatoms. The Balaban J connectivity index is 2.18. The largest absolute Gasteiger partial charge is 0.483 e. The summed E-state index contributed by atoms with van der Waals surface area (Å²) in [6, 6.07) is 10.9. The molecule has 0 saturated carbocycles. The lowest BCUT2D eigenvalue weighted by Crippen LogP contribution is -2.53. The summed E-state index contributed by atoms with van der Waals surface area (Å²) in [5.41, 5.74) is 1.44. The number of rotatable bonds is 8. The molecule has 0 fully saturated rings. The third-order valence-electron chi connectivity index (χ3n) is 4.69. The Bertz CT molecular complexity index is 910. The Morgan fingerprint density at radius 2 is 1.74 bits per heavy atom. The molecular formula is C24H30BrFN2O3. The first kappa shape index (κ1) is 24.9. The lowest BCUT2D eigenvalue weighted by atomic mass is 10.1. The molecule has 2 aromatic carbocycles.